The lowest BCUT2D eigenvalue weighted by Crippen LogP contribution is -2.50. The summed E-state index contributed by atoms with van der Waals surface area (Å²) in [4.78, 5) is 11.1. The van der Waals surface area contributed by atoms with Gasteiger partial charge in [-0.25, -0.2) is 0 Å². The summed E-state index contributed by atoms with van der Waals surface area (Å²) in [6.07, 6.45) is 0.874. The Kier molecular flexibility index (Phi) is 2.18. The summed E-state index contributed by atoms with van der Waals surface area (Å²) in [6.45, 7) is 3.57. The van der Waals surface area contributed by atoms with E-state index in [-0.39, 0.29) is 11.4 Å². The number of carbonyl (C=O) groups is 1. The molecule has 2 rings (SSSR count). The van der Waals surface area contributed by atoms with Gasteiger partial charge in [-0.3, -0.25) is 4.79 Å². The average molecular weight is 205 g/mol. The molecule has 1 aromatic rings. The van der Waals surface area contributed by atoms with Gasteiger partial charge in [-0.2, -0.15) is 0 Å². The Balaban J connectivity index is 2.39. The van der Waals surface area contributed by atoms with Gasteiger partial charge in [0, 0.05) is 18.9 Å². The molecule has 1 aliphatic carbocycles. The van der Waals surface area contributed by atoms with Crippen molar-refractivity contribution in [3.8, 4) is 5.75 Å². The van der Waals surface area contributed by atoms with E-state index in [2.05, 4.69) is 11.4 Å². The second kappa shape index (κ2) is 3.26. The number of carbonyl (C=O) groups excluding carboxylic acids is 1. The number of hydrogen-bond acceptors (Lipinski definition) is 2. The molecule has 0 saturated heterocycles. The Morgan fingerprint density at radius 3 is 2.87 bits per heavy atom. The van der Waals surface area contributed by atoms with Crippen molar-refractivity contribution in [2.45, 2.75) is 25.8 Å². The van der Waals surface area contributed by atoms with Crippen LogP contribution in [0.25, 0.3) is 0 Å². The lowest BCUT2D eigenvalue weighted by atomic mass is 9.71. The summed E-state index contributed by atoms with van der Waals surface area (Å²) >= 11 is 0. The molecule has 1 atom stereocenters. The zero-order valence-electron chi connectivity index (χ0n) is 9.26. The van der Waals surface area contributed by atoms with Crippen molar-refractivity contribution in [1.29, 1.82) is 0 Å². The van der Waals surface area contributed by atoms with Gasteiger partial charge in [0.25, 0.3) is 0 Å². The molecule has 0 aliphatic heterocycles. The molecule has 0 spiro atoms. The van der Waals surface area contributed by atoms with E-state index in [1.165, 1.54) is 5.56 Å². The molecule has 3 nitrogen and oxygen atoms in total. The molecule has 0 saturated carbocycles. The molecule has 1 amide bonds. The second-order valence-corrected chi connectivity index (χ2v) is 4.18. The van der Waals surface area contributed by atoms with Crippen molar-refractivity contribution in [2.75, 3.05) is 7.11 Å². The summed E-state index contributed by atoms with van der Waals surface area (Å²) in [5.41, 5.74) is 2.11. The molecular weight excluding hydrogens is 190 g/mol. The number of rotatable bonds is 2. The van der Waals surface area contributed by atoms with Crippen LogP contribution in [0.15, 0.2) is 18.2 Å². The van der Waals surface area contributed by atoms with Crippen molar-refractivity contribution in [1.82, 2.24) is 5.32 Å². The molecule has 0 radical (unpaired) electrons. The average Bonchev–Trinajstić information content (AvgIpc) is 2.14. The zero-order valence-corrected chi connectivity index (χ0v) is 9.26. The van der Waals surface area contributed by atoms with Crippen molar-refractivity contribution in [2.24, 2.45) is 0 Å². The highest BCUT2D eigenvalue weighted by Gasteiger charge is 2.41. The summed E-state index contributed by atoms with van der Waals surface area (Å²) in [5.74, 6) is 0.851. The molecule has 0 bridgehead atoms. The van der Waals surface area contributed by atoms with Crippen molar-refractivity contribution < 1.29 is 9.53 Å². The molecule has 1 unspecified atom stereocenters. The Morgan fingerprint density at radius 2 is 2.27 bits per heavy atom. The van der Waals surface area contributed by atoms with Crippen molar-refractivity contribution in [3.05, 3.63) is 29.3 Å². The van der Waals surface area contributed by atoms with Gasteiger partial charge in [-0.05, 0) is 18.6 Å². The van der Waals surface area contributed by atoms with E-state index >= 15 is 0 Å². The van der Waals surface area contributed by atoms with Gasteiger partial charge in [0.1, 0.15) is 5.75 Å². The van der Waals surface area contributed by atoms with Crippen LogP contribution in [-0.4, -0.2) is 13.0 Å². The summed E-state index contributed by atoms with van der Waals surface area (Å²) in [5, 5.41) is 2.97. The van der Waals surface area contributed by atoms with E-state index in [1.807, 2.05) is 19.1 Å². The van der Waals surface area contributed by atoms with Crippen LogP contribution in [0.1, 0.15) is 25.0 Å². The van der Waals surface area contributed by atoms with E-state index in [1.54, 1.807) is 14.0 Å². The first-order chi connectivity index (χ1) is 7.07. The third-order valence-electron chi connectivity index (χ3n) is 2.88. The number of amides is 1. The summed E-state index contributed by atoms with van der Waals surface area (Å²) < 4.78 is 5.30. The number of fused-ring (bicyclic) bond motifs is 1. The lowest BCUT2D eigenvalue weighted by molar-refractivity contribution is -0.121. The Morgan fingerprint density at radius 1 is 1.53 bits per heavy atom. The second-order valence-electron chi connectivity index (χ2n) is 4.18. The van der Waals surface area contributed by atoms with Crippen LogP contribution < -0.4 is 10.1 Å². The van der Waals surface area contributed by atoms with Crippen LogP contribution in [-0.2, 0) is 16.8 Å². The van der Waals surface area contributed by atoms with E-state index in [0.717, 1.165) is 17.7 Å². The first-order valence-electron chi connectivity index (χ1n) is 5.02. The fraction of sp³-hybridized carbons (Fsp3) is 0.417. The molecule has 15 heavy (non-hydrogen) atoms. The van der Waals surface area contributed by atoms with Gasteiger partial charge in [-0.15, -0.1) is 0 Å². The van der Waals surface area contributed by atoms with Crippen LogP contribution in [0, 0.1) is 0 Å². The van der Waals surface area contributed by atoms with Gasteiger partial charge < -0.3 is 10.1 Å². The zero-order chi connectivity index (χ0) is 11.1. The minimum atomic E-state index is -0.256. The number of ether oxygens (including phenoxy) is 1. The van der Waals surface area contributed by atoms with Crippen molar-refractivity contribution in [3.63, 3.8) is 0 Å². The fourth-order valence-corrected chi connectivity index (χ4v) is 2.38. The number of hydrogen-bond donors (Lipinski definition) is 1. The Hall–Kier alpha value is -1.51. The predicted molar refractivity (Wildman–Crippen MR) is 57.9 cm³/mol. The van der Waals surface area contributed by atoms with Gasteiger partial charge in [0.2, 0.25) is 5.91 Å². The first kappa shape index (κ1) is 10.0. The van der Waals surface area contributed by atoms with E-state index in [9.17, 15) is 4.79 Å². The van der Waals surface area contributed by atoms with Crippen molar-refractivity contribution >= 4 is 5.91 Å². The standard InChI is InChI=1S/C12H15NO2/c1-8(14)13-12(2)7-9-5-4-6-10(15-3)11(9)12/h4-6H,7H2,1-3H3,(H,13,14). The smallest absolute Gasteiger partial charge is 0.217 e. The summed E-state index contributed by atoms with van der Waals surface area (Å²) in [6, 6.07) is 5.98. The fourth-order valence-electron chi connectivity index (χ4n) is 2.38. The van der Waals surface area contributed by atoms with Crippen LogP contribution in [0.5, 0.6) is 5.75 Å². The molecule has 3 heteroatoms. The molecule has 0 aromatic heterocycles. The topological polar surface area (TPSA) is 38.3 Å². The summed E-state index contributed by atoms with van der Waals surface area (Å²) in [7, 11) is 1.65. The van der Waals surface area contributed by atoms with Gasteiger partial charge >= 0.3 is 0 Å². The number of nitrogens with one attached hydrogen (secondary N) is 1. The molecule has 80 valence electrons. The SMILES string of the molecule is COc1cccc2c1C(C)(NC(C)=O)C2. The largest absolute Gasteiger partial charge is 0.496 e. The minimum absolute atomic E-state index is 0.00550. The maximum Gasteiger partial charge on any atom is 0.217 e. The number of benzene rings is 1. The molecule has 1 aromatic carbocycles. The highest BCUT2D eigenvalue weighted by Crippen LogP contribution is 2.44. The highest BCUT2D eigenvalue weighted by atomic mass is 16.5. The molecule has 0 fully saturated rings. The molecular formula is C12H15NO2. The number of methoxy groups -OCH3 is 1. The minimum Gasteiger partial charge on any atom is -0.496 e. The maximum atomic E-state index is 11.1. The van der Waals surface area contributed by atoms with Gasteiger partial charge in [0.05, 0.1) is 12.6 Å². The third-order valence-corrected chi connectivity index (χ3v) is 2.88. The van der Waals surface area contributed by atoms with E-state index in [4.69, 9.17) is 4.74 Å². The molecule has 1 aliphatic rings. The molecule has 1 N–H and O–H groups in total. The monoisotopic (exact) mass is 205 g/mol. The maximum absolute atomic E-state index is 11.1. The van der Waals surface area contributed by atoms with Crippen LogP contribution in [0.3, 0.4) is 0 Å². The van der Waals surface area contributed by atoms with Crippen LogP contribution in [0.2, 0.25) is 0 Å². The highest BCUT2D eigenvalue weighted by molar-refractivity contribution is 5.75. The lowest BCUT2D eigenvalue weighted by Gasteiger charge is -2.42. The van der Waals surface area contributed by atoms with Gasteiger partial charge in [-0.1, -0.05) is 12.1 Å². The van der Waals surface area contributed by atoms with E-state index in [0.29, 0.717) is 0 Å². The third kappa shape index (κ3) is 1.48. The quantitative estimate of drug-likeness (QED) is 0.796. The van der Waals surface area contributed by atoms with Gasteiger partial charge in [0.15, 0.2) is 0 Å². The molecule has 0 heterocycles. The first-order valence-corrected chi connectivity index (χ1v) is 5.02. The van der Waals surface area contributed by atoms with Crippen LogP contribution >= 0.6 is 0 Å². The normalized spacial score (nSPS) is 22.6. The van der Waals surface area contributed by atoms with E-state index < -0.39 is 0 Å². The van der Waals surface area contributed by atoms with Crippen LogP contribution in [0.4, 0.5) is 0 Å². The predicted octanol–water partition coefficient (Wildman–Crippen LogP) is 1.60. The Bertz CT molecular complexity index is 414. The Labute approximate surface area is 89.4 Å².